The Hall–Kier alpha value is -2.77. The van der Waals surface area contributed by atoms with Crippen molar-refractivity contribution in [2.75, 3.05) is 26.2 Å². The molecule has 1 aliphatic rings. The normalized spacial score (nSPS) is 15.3. The van der Waals surface area contributed by atoms with E-state index in [0.29, 0.717) is 6.42 Å². The van der Waals surface area contributed by atoms with E-state index in [0.717, 1.165) is 67.4 Å². The number of fused-ring (bicyclic) bond motifs is 2. The van der Waals surface area contributed by atoms with E-state index in [2.05, 4.69) is 31.5 Å². The third-order valence-corrected chi connectivity index (χ3v) is 6.74. The molecule has 1 saturated heterocycles. The minimum absolute atomic E-state index is 0.267. The monoisotopic (exact) mass is 419 g/mol. The van der Waals surface area contributed by atoms with Gasteiger partial charge in [-0.1, -0.05) is 18.2 Å². The highest BCUT2D eigenvalue weighted by molar-refractivity contribution is 7.18. The number of pyridine rings is 1. The van der Waals surface area contributed by atoms with Crippen molar-refractivity contribution in [3.05, 3.63) is 65.6 Å². The Labute approximate surface area is 179 Å². The molecule has 154 valence electrons. The predicted molar refractivity (Wildman–Crippen MR) is 120 cm³/mol. The lowest BCUT2D eigenvalue weighted by molar-refractivity contribution is -0.133. The largest absolute Gasteiger partial charge is 0.340 e. The molecule has 6 nitrogen and oxygen atoms in total. The SMILES string of the molecule is O=C(CCCc1nc2ccccc2s1)N1CCN(Cc2cn3ccccc3n2)CC1. The number of thiazole rings is 1. The molecule has 1 aliphatic heterocycles. The van der Waals surface area contributed by atoms with Gasteiger partial charge in [0.25, 0.3) is 0 Å². The first-order valence-electron chi connectivity index (χ1n) is 10.5. The molecule has 0 bridgehead atoms. The number of para-hydroxylation sites is 1. The molecule has 0 atom stereocenters. The Morgan fingerprint density at radius 1 is 1.00 bits per heavy atom. The zero-order valence-electron chi connectivity index (χ0n) is 16.9. The molecule has 30 heavy (non-hydrogen) atoms. The van der Waals surface area contributed by atoms with Gasteiger partial charge in [-0.2, -0.15) is 0 Å². The van der Waals surface area contributed by atoms with Gasteiger partial charge in [0.2, 0.25) is 5.91 Å². The Kier molecular flexibility index (Phi) is 5.46. The maximum Gasteiger partial charge on any atom is 0.222 e. The average Bonchev–Trinajstić information content (AvgIpc) is 3.37. The van der Waals surface area contributed by atoms with Gasteiger partial charge in [0, 0.05) is 51.5 Å². The molecule has 0 aliphatic carbocycles. The van der Waals surface area contributed by atoms with Crippen molar-refractivity contribution in [3.8, 4) is 0 Å². The number of hydrogen-bond acceptors (Lipinski definition) is 5. The summed E-state index contributed by atoms with van der Waals surface area (Å²) in [5.74, 6) is 0.267. The highest BCUT2D eigenvalue weighted by Crippen LogP contribution is 2.23. The minimum atomic E-state index is 0.267. The standard InChI is InChI=1S/C23H25N5OS/c29-23(10-5-9-22-25-19-6-1-2-7-20(19)30-22)27-14-12-26(13-15-27)16-18-17-28-11-4-3-8-21(28)24-18/h1-4,6-8,11,17H,5,9-10,12-16H2. The fraction of sp³-hybridized carbons (Fsp3) is 0.348. The number of rotatable bonds is 6. The van der Waals surface area contributed by atoms with Crippen molar-refractivity contribution in [1.29, 1.82) is 0 Å². The smallest absolute Gasteiger partial charge is 0.222 e. The summed E-state index contributed by atoms with van der Waals surface area (Å²) < 4.78 is 3.28. The van der Waals surface area contributed by atoms with E-state index < -0.39 is 0 Å². The van der Waals surface area contributed by atoms with Crippen LogP contribution in [0.15, 0.2) is 54.9 Å². The Morgan fingerprint density at radius 3 is 2.67 bits per heavy atom. The fourth-order valence-electron chi connectivity index (χ4n) is 4.02. The fourth-order valence-corrected chi connectivity index (χ4v) is 5.03. The van der Waals surface area contributed by atoms with E-state index in [9.17, 15) is 4.79 Å². The number of amides is 1. The summed E-state index contributed by atoms with van der Waals surface area (Å²) >= 11 is 1.74. The van der Waals surface area contributed by atoms with Crippen molar-refractivity contribution in [2.24, 2.45) is 0 Å². The molecular formula is C23H25N5OS. The number of aromatic nitrogens is 3. The van der Waals surface area contributed by atoms with Gasteiger partial charge in [0.15, 0.2) is 0 Å². The quantitative estimate of drug-likeness (QED) is 0.479. The number of aryl methyl sites for hydroxylation is 1. The van der Waals surface area contributed by atoms with Gasteiger partial charge in [-0.15, -0.1) is 11.3 Å². The highest BCUT2D eigenvalue weighted by Gasteiger charge is 2.21. The number of benzene rings is 1. The van der Waals surface area contributed by atoms with Crippen molar-refractivity contribution < 1.29 is 4.79 Å². The second kappa shape index (κ2) is 8.53. The highest BCUT2D eigenvalue weighted by atomic mass is 32.1. The molecule has 4 heterocycles. The van der Waals surface area contributed by atoms with E-state index in [1.165, 1.54) is 4.70 Å². The van der Waals surface area contributed by atoms with Gasteiger partial charge in [-0.05, 0) is 37.1 Å². The van der Waals surface area contributed by atoms with Crippen molar-refractivity contribution in [2.45, 2.75) is 25.8 Å². The predicted octanol–water partition coefficient (Wildman–Crippen LogP) is 3.61. The van der Waals surface area contributed by atoms with Crippen molar-refractivity contribution in [1.82, 2.24) is 24.2 Å². The zero-order chi connectivity index (χ0) is 20.3. The average molecular weight is 420 g/mol. The van der Waals surface area contributed by atoms with E-state index in [1.807, 2.05) is 47.5 Å². The molecule has 1 amide bonds. The molecule has 0 N–H and O–H groups in total. The number of carbonyl (C=O) groups excluding carboxylic acids is 1. The van der Waals surface area contributed by atoms with Gasteiger partial charge < -0.3 is 9.30 Å². The van der Waals surface area contributed by atoms with Crippen LogP contribution >= 0.6 is 11.3 Å². The molecule has 7 heteroatoms. The molecular weight excluding hydrogens is 394 g/mol. The Balaban J connectivity index is 1.08. The summed E-state index contributed by atoms with van der Waals surface area (Å²) in [6.07, 6.45) is 6.45. The topological polar surface area (TPSA) is 53.7 Å². The van der Waals surface area contributed by atoms with Crippen molar-refractivity contribution in [3.63, 3.8) is 0 Å². The van der Waals surface area contributed by atoms with Gasteiger partial charge in [0.1, 0.15) is 5.65 Å². The van der Waals surface area contributed by atoms with E-state index >= 15 is 0 Å². The number of imidazole rings is 1. The molecule has 1 aromatic carbocycles. The van der Waals surface area contributed by atoms with Crippen LogP contribution in [0.25, 0.3) is 15.9 Å². The summed E-state index contributed by atoms with van der Waals surface area (Å²) in [4.78, 5) is 26.4. The van der Waals surface area contributed by atoms with Crippen LogP contribution in [0.4, 0.5) is 0 Å². The summed E-state index contributed by atoms with van der Waals surface area (Å²) in [6, 6.07) is 14.3. The van der Waals surface area contributed by atoms with E-state index in [4.69, 9.17) is 0 Å². The first-order valence-corrected chi connectivity index (χ1v) is 11.3. The summed E-state index contributed by atoms with van der Waals surface area (Å²) in [7, 11) is 0. The summed E-state index contributed by atoms with van der Waals surface area (Å²) in [5.41, 5.74) is 3.12. The summed E-state index contributed by atoms with van der Waals surface area (Å²) in [6.45, 7) is 4.23. The third kappa shape index (κ3) is 4.22. The molecule has 4 aromatic rings. The maximum absolute atomic E-state index is 12.6. The van der Waals surface area contributed by atoms with E-state index in [1.54, 1.807) is 11.3 Å². The minimum Gasteiger partial charge on any atom is -0.340 e. The second-order valence-electron chi connectivity index (χ2n) is 7.78. The van der Waals surface area contributed by atoms with Crippen LogP contribution in [0.1, 0.15) is 23.5 Å². The molecule has 5 rings (SSSR count). The van der Waals surface area contributed by atoms with Gasteiger partial charge in [-0.3, -0.25) is 9.69 Å². The van der Waals surface area contributed by atoms with Crippen LogP contribution in [0.2, 0.25) is 0 Å². The first-order chi connectivity index (χ1) is 14.7. The van der Waals surface area contributed by atoms with E-state index in [-0.39, 0.29) is 5.91 Å². The molecule has 0 spiro atoms. The van der Waals surface area contributed by atoms with Crippen LogP contribution in [0.3, 0.4) is 0 Å². The van der Waals surface area contributed by atoms with Crippen LogP contribution in [-0.2, 0) is 17.8 Å². The molecule has 3 aromatic heterocycles. The molecule has 1 fully saturated rings. The lowest BCUT2D eigenvalue weighted by atomic mass is 10.2. The molecule has 0 radical (unpaired) electrons. The van der Waals surface area contributed by atoms with Gasteiger partial charge >= 0.3 is 0 Å². The maximum atomic E-state index is 12.6. The Bertz CT molecular complexity index is 1090. The number of nitrogens with zero attached hydrogens (tertiary/aromatic N) is 5. The molecule has 0 unspecified atom stereocenters. The zero-order valence-corrected chi connectivity index (χ0v) is 17.7. The third-order valence-electron chi connectivity index (χ3n) is 5.64. The summed E-state index contributed by atoms with van der Waals surface area (Å²) in [5, 5.41) is 1.13. The van der Waals surface area contributed by atoms with Crippen LogP contribution in [0, 0.1) is 0 Å². The van der Waals surface area contributed by atoms with Crippen molar-refractivity contribution >= 4 is 33.1 Å². The lowest BCUT2D eigenvalue weighted by Gasteiger charge is -2.34. The van der Waals surface area contributed by atoms with Crippen LogP contribution in [0.5, 0.6) is 0 Å². The number of piperazine rings is 1. The number of carbonyl (C=O) groups is 1. The van der Waals surface area contributed by atoms with Crippen LogP contribution < -0.4 is 0 Å². The number of hydrogen-bond donors (Lipinski definition) is 0. The van der Waals surface area contributed by atoms with Gasteiger partial charge in [0.05, 0.1) is 20.9 Å². The van der Waals surface area contributed by atoms with Gasteiger partial charge in [-0.25, -0.2) is 9.97 Å². The second-order valence-corrected chi connectivity index (χ2v) is 8.90. The Morgan fingerprint density at radius 2 is 1.83 bits per heavy atom. The lowest BCUT2D eigenvalue weighted by Crippen LogP contribution is -2.48. The first kappa shape index (κ1) is 19.2. The van der Waals surface area contributed by atoms with Crippen LogP contribution in [-0.4, -0.2) is 56.3 Å². The molecule has 0 saturated carbocycles.